The number of rotatable bonds is 7. The van der Waals surface area contributed by atoms with Gasteiger partial charge in [0.1, 0.15) is 11.4 Å². The lowest BCUT2D eigenvalue weighted by molar-refractivity contribution is 0.0636. The van der Waals surface area contributed by atoms with Gasteiger partial charge in [-0.2, -0.15) is 0 Å². The SMILES string of the molecule is CCCCC(CC)Nc1cc(F)ccc1NC(=O)OC(C)(C)C. The van der Waals surface area contributed by atoms with E-state index in [4.69, 9.17) is 4.74 Å². The van der Waals surface area contributed by atoms with Gasteiger partial charge in [0, 0.05) is 6.04 Å². The average Bonchev–Trinajstić information content (AvgIpc) is 2.44. The van der Waals surface area contributed by atoms with E-state index in [1.54, 1.807) is 26.8 Å². The predicted molar refractivity (Wildman–Crippen MR) is 93.5 cm³/mol. The Morgan fingerprint density at radius 3 is 2.52 bits per heavy atom. The Balaban J connectivity index is 2.85. The van der Waals surface area contributed by atoms with E-state index in [-0.39, 0.29) is 11.9 Å². The molecule has 0 saturated heterocycles. The highest BCUT2D eigenvalue weighted by atomic mass is 19.1. The van der Waals surface area contributed by atoms with Crippen LogP contribution >= 0.6 is 0 Å². The normalized spacial score (nSPS) is 12.6. The summed E-state index contributed by atoms with van der Waals surface area (Å²) in [6.07, 6.45) is 3.62. The maximum atomic E-state index is 13.6. The lowest BCUT2D eigenvalue weighted by atomic mass is 10.1. The number of benzene rings is 1. The summed E-state index contributed by atoms with van der Waals surface area (Å²) >= 11 is 0. The number of hydrogen-bond donors (Lipinski definition) is 2. The van der Waals surface area contributed by atoms with Gasteiger partial charge in [0.15, 0.2) is 0 Å². The molecule has 4 nitrogen and oxygen atoms in total. The van der Waals surface area contributed by atoms with Crippen LogP contribution in [0.25, 0.3) is 0 Å². The first kappa shape index (κ1) is 19.3. The molecule has 0 aliphatic heterocycles. The number of halogens is 1. The van der Waals surface area contributed by atoms with Crippen LogP contribution in [0.3, 0.4) is 0 Å². The number of amides is 1. The van der Waals surface area contributed by atoms with Crippen LogP contribution in [0.15, 0.2) is 18.2 Å². The first-order valence-corrected chi connectivity index (χ1v) is 8.31. The second-order valence-corrected chi connectivity index (χ2v) is 6.71. The van der Waals surface area contributed by atoms with Gasteiger partial charge in [0.2, 0.25) is 0 Å². The Labute approximate surface area is 138 Å². The minimum atomic E-state index is -0.579. The van der Waals surface area contributed by atoms with E-state index in [1.165, 1.54) is 12.1 Å². The molecule has 1 aromatic rings. The maximum Gasteiger partial charge on any atom is 0.412 e. The second kappa shape index (κ2) is 8.75. The number of unbranched alkanes of at least 4 members (excludes halogenated alkanes) is 1. The molecule has 1 aromatic carbocycles. The monoisotopic (exact) mass is 324 g/mol. The van der Waals surface area contributed by atoms with Crippen molar-refractivity contribution in [2.24, 2.45) is 0 Å². The number of carbonyl (C=O) groups excluding carboxylic acids is 1. The van der Waals surface area contributed by atoms with Gasteiger partial charge in [0.25, 0.3) is 0 Å². The van der Waals surface area contributed by atoms with Crippen molar-refractivity contribution in [1.82, 2.24) is 0 Å². The molecule has 0 aliphatic rings. The molecule has 1 unspecified atom stereocenters. The number of carbonyl (C=O) groups is 1. The summed E-state index contributed by atoms with van der Waals surface area (Å²) in [6.45, 7) is 9.63. The zero-order valence-electron chi connectivity index (χ0n) is 14.8. The van der Waals surface area contributed by atoms with Crippen LogP contribution < -0.4 is 10.6 Å². The molecule has 1 rings (SSSR count). The van der Waals surface area contributed by atoms with E-state index < -0.39 is 11.7 Å². The number of anilines is 2. The van der Waals surface area contributed by atoms with Gasteiger partial charge in [0.05, 0.1) is 11.4 Å². The van der Waals surface area contributed by atoms with Crippen molar-refractivity contribution in [1.29, 1.82) is 0 Å². The van der Waals surface area contributed by atoms with Gasteiger partial charge in [-0.05, 0) is 51.8 Å². The summed E-state index contributed by atoms with van der Waals surface area (Å²) in [5.74, 6) is -0.340. The Morgan fingerprint density at radius 2 is 1.96 bits per heavy atom. The third kappa shape index (κ3) is 7.35. The van der Waals surface area contributed by atoms with E-state index >= 15 is 0 Å². The molecule has 1 atom stereocenters. The van der Waals surface area contributed by atoms with Gasteiger partial charge in [-0.3, -0.25) is 5.32 Å². The Kier molecular flexibility index (Phi) is 7.33. The van der Waals surface area contributed by atoms with Gasteiger partial charge in [-0.25, -0.2) is 9.18 Å². The molecular weight excluding hydrogens is 295 g/mol. The zero-order valence-corrected chi connectivity index (χ0v) is 14.8. The van der Waals surface area contributed by atoms with Gasteiger partial charge >= 0.3 is 6.09 Å². The molecule has 0 fully saturated rings. The van der Waals surface area contributed by atoms with E-state index in [0.29, 0.717) is 11.4 Å². The molecule has 0 spiro atoms. The minimum Gasteiger partial charge on any atom is -0.444 e. The van der Waals surface area contributed by atoms with E-state index in [0.717, 1.165) is 25.7 Å². The first-order chi connectivity index (χ1) is 10.7. The molecule has 130 valence electrons. The molecule has 0 heterocycles. The fraction of sp³-hybridized carbons (Fsp3) is 0.611. The summed E-state index contributed by atoms with van der Waals surface area (Å²) in [4.78, 5) is 11.9. The Hall–Kier alpha value is -1.78. The van der Waals surface area contributed by atoms with Crippen LogP contribution in [-0.2, 0) is 4.74 Å². The maximum absolute atomic E-state index is 13.6. The number of nitrogens with one attached hydrogen (secondary N) is 2. The summed E-state index contributed by atoms with van der Waals surface area (Å²) in [6, 6.07) is 4.52. The molecule has 0 bridgehead atoms. The third-order valence-electron chi connectivity index (χ3n) is 3.38. The van der Waals surface area contributed by atoms with Crippen LogP contribution in [-0.4, -0.2) is 17.7 Å². The number of ether oxygens (including phenoxy) is 1. The highest BCUT2D eigenvalue weighted by molar-refractivity contribution is 5.89. The molecular formula is C18H29FN2O2. The smallest absolute Gasteiger partial charge is 0.412 e. The summed E-state index contributed by atoms with van der Waals surface area (Å²) in [5, 5.41) is 6.02. The van der Waals surface area contributed by atoms with Crippen molar-refractivity contribution in [3.05, 3.63) is 24.0 Å². The zero-order chi connectivity index (χ0) is 17.5. The lowest BCUT2D eigenvalue weighted by Gasteiger charge is -2.23. The fourth-order valence-electron chi connectivity index (χ4n) is 2.21. The predicted octanol–water partition coefficient (Wildman–Crippen LogP) is 5.55. The first-order valence-electron chi connectivity index (χ1n) is 8.31. The second-order valence-electron chi connectivity index (χ2n) is 6.71. The van der Waals surface area contributed by atoms with Crippen molar-refractivity contribution in [2.75, 3.05) is 10.6 Å². The topological polar surface area (TPSA) is 50.4 Å². The minimum absolute atomic E-state index is 0.246. The Morgan fingerprint density at radius 1 is 1.26 bits per heavy atom. The summed E-state index contributed by atoms with van der Waals surface area (Å²) in [5.41, 5.74) is 0.527. The van der Waals surface area contributed by atoms with Crippen molar-refractivity contribution in [2.45, 2.75) is 71.9 Å². The molecule has 1 amide bonds. The quantitative estimate of drug-likeness (QED) is 0.691. The van der Waals surface area contributed by atoms with Crippen LogP contribution in [0, 0.1) is 5.82 Å². The summed E-state index contributed by atoms with van der Waals surface area (Å²) < 4.78 is 18.8. The van der Waals surface area contributed by atoms with Gasteiger partial charge in [-0.15, -0.1) is 0 Å². The summed E-state index contributed by atoms with van der Waals surface area (Å²) in [7, 11) is 0. The van der Waals surface area contributed by atoms with Crippen LogP contribution in [0.1, 0.15) is 60.3 Å². The largest absolute Gasteiger partial charge is 0.444 e. The van der Waals surface area contributed by atoms with Crippen molar-refractivity contribution < 1.29 is 13.9 Å². The molecule has 0 saturated carbocycles. The van der Waals surface area contributed by atoms with Gasteiger partial charge < -0.3 is 10.1 Å². The molecule has 2 N–H and O–H groups in total. The van der Waals surface area contributed by atoms with Crippen LogP contribution in [0.2, 0.25) is 0 Å². The van der Waals surface area contributed by atoms with E-state index in [2.05, 4.69) is 24.5 Å². The van der Waals surface area contributed by atoms with Crippen molar-refractivity contribution >= 4 is 17.5 Å². The fourth-order valence-corrected chi connectivity index (χ4v) is 2.21. The molecule has 0 radical (unpaired) electrons. The van der Waals surface area contributed by atoms with E-state index in [9.17, 15) is 9.18 Å². The van der Waals surface area contributed by atoms with E-state index in [1.807, 2.05) is 0 Å². The molecule has 5 heteroatoms. The van der Waals surface area contributed by atoms with Crippen molar-refractivity contribution in [3.8, 4) is 0 Å². The molecule has 0 aromatic heterocycles. The van der Waals surface area contributed by atoms with Crippen LogP contribution in [0.4, 0.5) is 20.6 Å². The number of hydrogen-bond acceptors (Lipinski definition) is 3. The lowest BCUT2D eigenvalue weighted by Crippen LogP contribution is -2.28. The molecule has 23 heavy (non-hydrogen) atoms. The highest BCUT2D eigenvalue weighted by Crippen LogP contribution is 2.26. The standard InChI is InChI=1S/C18H29FN2O2/c1-6-8-9-14(7-2)20-16-12-13(19)10-11-15(16)21-17(22)23-18(3,4)5/h10-12,14,20H,6-9H2,1-5H3,(H,21,22). The average molecular weight is 324 g/mol. The van der Waals surface area contributed by atoms with Crippen molar-refractivity contribution in [3.63, 3.8) is 0 Å². The van der Waals surface area contributed by atoms with Crippen LogP contribution in [0.5, 0.6) is 0 Å². The molecule has 0 aliphatic carbocycles. The van der Waals surface area contributed by atoms with Gasteiger partial charge in [-0.1, -0.05) is 26.7 Å². The highest BCUT2D eigenvalue weighted by Gasteiger charge is 2.18. The third-order valence-corrected chi connectivity index (χ3v) is 3.38. The Bertz CT molecular complexity index is 512.